The van der Waals surface area contributed by atoms with E-state index in [1.807, 2.05) is 24.3 Å². The van der Waals surface area contributed by atoms with Crippen LogP contribution in [0.15, 0.2) is 42.5 Å². The van der Waals surface area contributed by atoms with Gasteiger partial charge < -0.3 is 10.8 Å². The van der Waals surface area contributed by atoms with Crippen LogP contribution in [0.4, 0.5) is 0 Å². The van der Waals surface area contributed by atoms with E-state index >= 15 is 0 Å². The van der Waals surface area contributed by atoms with Crippen LogP contribution in [-0.4, -0.2) is 11.7 Å². The van der Waals surface area contributed by atoms with Crippen molar-refractivity contribution in [1.29, 1.82) is 0 Å². The molecule has 3 N–H and O–H groups in total. The molecule has 0 fully saturated rings. The Hall–Kier alpha value is -1.06. The van der Waals surface area contributed by atoms with Gasteiger partial charge in [0.1, 0.15) is 0 Å². The predicted molar refractivity (Wildman–Crippen MR) is 89.0 cm³/mol. The van der Waals surface area contributed by atoms with Crippen LogP contribution in [0.25, 0.3) is 0 Å². The Morgan fingerprint density at radius 3 is 2.24 bits per heavy atom. The fourth-order valence-corrected chi connectivity index (χ4v) is 3.31. The Kier molecular flexibility index (Phi) is 5.65. The molecule has 2 unspecified atom stereocenters. The first-order chi connectivity index (χ1) is 10.1. The van der Waals surface area contributed by atoms with Crippen LogP contribution in [-0.2, 0) is 6.42 Å². The van der Waals surface area contributed by atoms with Gasteiger partial charge in [0.2, 0.25) is 0 Å². The summed E-state index contributed by atoms with van der Waals surface area (Å²) in [4.78, 5) is 0. The molecule has 2 rings (SSSR count). The number of aliphatic hydroxyl groups excluding tert-OH is 1. The number of halogens is 2. The molecule has 0 spiro atoms. The van der Waals surface area contributed by atoms with Crippen molar-refractivity contribution in [3.63, 3.8) is 0 Å². The van der Waals surface area contributed by atoms with Crippen molar-refractivity contribution in [2.45, 2.75) is 25.4 Å². The molecule has 0 saturated carbocycles. The van der Waals surface area contributed by atoms with Gasteiger partial charge >= 0.3 is 0 Å². The van der Waals surface area contributed by atoms with Gasteiger partial charge in [-0.3, -0.25) is 0 Å². The van der Waals surface area contributed by atoms with E-state index in [4.69, 9.17) is 28.9 Å². The van der Waals surface area contributed by atoms with Crippen molar-refractivity contribution >= 4 is 23.2 Å². The molecule has 0 aliphatic heterocycles. The van der Waals surface area contributed by atoms with Crippen molar-refractivity contribution in [2.75, 3.05) is 6.54 Å². The number of benzene rings is 2. The summed E-state index contributed by atoms with van der Waals surface area (Å²) in [6, 6.07) is 13.1. The average Bonchev–Trinajstić information content (AvgIpc) is 2.50. The first-order valence-electron chi connectivity index (χ1n) is 7.00. The number of hydrogen-bond acceptors (Lipinski definition) is 2. The molecule has 0 heterocycles. The van der Waals surface area contributed by atoms with Gasteiger partial charge in [-0.25, -0.2) is 0 Å². The lowest BCUT2D eigenvalue weighted by atomic mass is 9.86. The Morgan fingerprint density at radius 1 is 1.05 bits per heavy atom. The maximum Gasteiger partial charge on any atom is 0.0874 e. The highest BCUT2D eigenvalue weighted by molar-refractivity contribution is 6.36. The SMILES string of the molecule is CCc1ccccc1C(O)C(CN)c1c(Cl)cccc1Cl. The van der Waals surface area contributed by atoms with Crippen molar-refractivity contribution in [3.05, 3.63) is 69.2 Å². The van der Waals surface area contributed by atoms with Crippen molar-refractivity contribution in [3.8, 4) is 0 Å². The molecule has 0 aliphatic rings. The third-order valence-electron chi connectivity index (χ3n) is 3.76. The van der Waals surface area contributed by atoms with Gasteiger partial charge in [-0.1, -0.05) is 60.5 Å². The monoisotopic (exact) mass is 323 g/mol. The van der Waals surface area contributed by atoms with E-state index in [2.05, 4.69) is 6.92 Å². The van der Waals surface area contributed by atoms with Gasteiger partial charge in [-0.2, -0.15) is 0 Å². The summed E-state index contributed by atoms with van der Waals surface area (Å²) in [6.07, 6.45) is 0.115. The smallest absolute Gasteiger partial charge is 0.0874 e. The Labute approximate surface area is 135 Å². The Balaban J connectivity index is 2.46. The Bertz CT molecular complexity index is 595. The summed E-state index contributed by atoms with van der Waals surface area (Å²) in [5.74, 6) is -0.334. The second-order valence-corrected chi connectivity index (χ2v) is 5.79. The van der Waals surface area contributed by atoms with Crippen molar-refractivity contribution in [1.82, 2.24) is 0 Å². The highest BCUT2D eigenvalue weighted by Crippen LogP contribution is 2.39. The molecule has 2 aromatic carbocycles. The van der Waals surface area contributed by atoms with Crippen molar-refractivity contribution in [2.24, 2.45) is 5.73 Å². The number of aliphatic hydroxyl groups is 1. The molecule has 0 saturated heterocycles. The van der Waals surface area contributed by atoms with E-state index < -0.39 is 6.10 Å². The molecule has 2 aromatic rings. The van der Waals surface area contributed by atoms with Gasteiger partial charge in [0, 0.05) is 22.5 Å². The van der Waals surface area contributed by atoms with E-state index in [1.165, 1.54) is 0 Å². The second kappa shape index (κ2) is 7.28. The van der Waals surface area contributed by atoms with Crippen LogP contribution < -0.4 is 5.73 Å². The minimum absolute atomic E-state index is 0.267. The van der Waals surface area contributed by atoms with Crippen LogP contribution in [0.2, 0.25) is 10.0 Å². The van der Waals surface area contributed by atoms with E-state index in [9.17, 15) is 5.11 Å². The van der Waals surface area contributed by atoms with E-state index in [0.29, 0.717) is 15.6 Å². The van der Waals surface area contributed by atoms with E-state index in [0.717, 1.165) is 17.5 Å². The molecule has 4 heteroatoms. The molecule has 0 aliphatic carbocycles. The maximum absolute atomic E-state index is 10.8. The van der Waals surface area contributed by atoms with Crippen molar-refractivity contribution < 1.29 is 5.11 Å². The molecule has 0 bridgehead atoms. The summed E-state index contributed by atoms with van der Waals surface area (Å²) >= 11 is 12.5. The number of aryl methyl sites for hydroxylation is 1. The average molecular weight is 324 g/mol. The summed E-state index contributed by atoms with van der Waals surface area (Å²) < 4.78 is 0. The first kappa shape index (κ1) is 16.3. The maximum atomic E-state index is 10.8. The molecule has 2 nitrogen and oxygen atoms in total. The lowest BCUT2D eigenvalue weighted by Gasteiger charge is -2.25. The molecular weight excluding hydrogens is 305 g/mol. The largest absolute Gasteiger partial charge is 0.388 e. The topological polar surface area (TPSA) is 46.2 Å². The van der Waals surface area contributed by atoms with Gasteiger partial charge in [0.25, 0.3) is 0 Å². The third kappa shape index (κ3) is 3.41. The zero-order valence-corrected chi connectivity index (χ0v) is 13.4. The van der Waals surface area contributed by atoms with Crippen LogP contribution in [0, 0.1) is 0 Å². The lowest BCUT2D eigenvalue weighted by Crippen LogP contribution is -2.21. The van der Waals surface area contributed by atoms with Crippen LogP contribution >= 0.6 is 23.2 Å². The fraction of sp³-hybridized carbons (Fsp3) is 0.294. The number of nitrogens with two attached hydrogens (primary N) is 1. The summed E-state index contributed by atoms with van der Waals surface area (Å²) in [5, 5.41) is 11.9. The summed E-state index contributed by atoms with van der Waals surface area (Å²) in [5.41, 5.74) is 8.59. The molecule has 0 aromatic heterocycles. The fourth-order valence-electron chi connectivity index (χ4n) is 2.63. The highest BCUT2D eigenvalue weighted by Gasteiger charge is 2.26. The molecule has 0 radical (unpaired) electrons. The molecule has 2 atom stereocenters. The predicted octanol–water partition coefficient (Wildman–Crippen LogP) is 4.33. The van der Waals surface area contributed by atoms with Gasteiger partial charge in [0.05, 0.1) is 6.10 Å². The highest BCUT2D eigenvalue weighted by atomic mass is 35.5. The third-order valence-corrected chi connectivity index (χ3v) is 4.42. The van der Waals surface area contributed by atoms with Gasteiger partial charge in [0.15, 0.2) is 0 Å². The van der Waals surface area contributed by atoms with Crippen LogP contribution in [0.3, 0.4) is 0 Å². The number of hydrogen-bond donors (Lipinski definition) is 2. The van der Waals surface area contributed by atoms with Gasteiger partial charge in [-0.15, -0.1) is 0 Å². The molecule has 112 valence electrons. The molecular formula is C17H19Cl2NO. The molecule has 0 amide bonds. The minimum atomic E-state index is -0.733. The van der Waals surface area contributed by atoms with E-state index in [-0.39, 0.29) is 12.5 Å². The summed E-state index contributed by atoms with van der Waals surface area (Å²) in [7, 11) is 0. The zero-order chi connectivity index (χ0) is 15.4. The minimum Gasteiger partial charge on any atom is -0.388 e. The van der Waals surface area contributed by atoms with Gasteiger partial charge in [-0.05, 0) is 35.2 Å². The zero-order valence-electron chi connectivity index (χ0n) is 11.9. The summed E-state index contributed by atoms with van der Waals surface area (Å²) in [6.45, 7) is 2.33. The van der Waals surface area contributed by atoms with Crippen LogP contribution in [0.1, 0.15) is 35.6 Å². The number of rotatable bonds is 5. The normalized spacial score (nSPS) is 14.0. The van der Waals surface area contributed by atoms with Crippen LogP contribution in [0.5, 0.6) is 0 Å². The lowest BCUT2D eigenvalue weighted by molar-refractivity contribution is 0.146. The quantitative estimate of drug-likeness (QED) is 0.860. The standard InChI is InChI=1S/C17H19Cl2NO/c1-2-11-6-3-4-7-12(11)17(21)13(10-20)16-14(18)8-5-9-15(16)19/h3-9,13,17,21H,2,10,20H2,1H3. The Morgan fingerprint density at radius 2 is 1.67 bits per heavy atom. The first-order valence-corrected chi connectivity index (χ1v) is 7.75. The van der Waals surface area contributed by atoms with E-state index in [1.54, 1.807) is 18.2 Å². The second-order valence-electron chi connectivity index (χ2n) is 4.97. The molecule has 21 heavy (non-hydrogen) atoms.